The van der Waals surface area contributed by atoms with Gasteiger partial charge in [-0.15, -0.1) is 0 Å². The molecule has 7 heteroatoms. The van der Waals surface area contributed by atoms with Gasteiger partial charge in [-0.3, -0.25) is 4.79 Å². The van der Waals surface area contributed by atoms with Crippen molar-refractivity contribution < 1.29 is 18.4 Å². The first kappa shape index (κ1) is 17.1. The van der Waals surface area contributed by atoms with Gasteiger partial charge < -0.3 is 9.73 Å². The monoisotopic (exact) mass is 382 g/mol. The van der Waals surface area contributed by atoms with E-state index in [0.717, 1.165) is 4.90 Å². The summed E-state index contributed by atoms with van der Waals surface area (Å²) in [6, 6.07) is 15.0. The Morgan fingerprint density at radius 1 is 0.963 bits per heavy atom. The molecule has 0 atom stereocenters. The number of anilines is 1. The molecular weight excluding hydrogens is 371 g/mol. The van der Waals surface area contributed by atoms with Crippen molar-refractivity contribution in [3.63, 3.8) is 0 Å². The normalized spacial score (nSPS) is 15.5. The molecule has 3 amide bonds. The summed E-state index contributed by atoms with van der Waals surface area (Å²) in [6.07, 6.45) is 1.45. The zero-order valence-electron chi connectivity index (χ0n) is 13.8. The van der Waals surface area contributed by atoms with E-state index in [2.05, 4.69) is 5.32 Å². The predicted molar refractivity (Wildman–Crippen MR) is 99.5 cm³/mol. The lowest BCUT2D eigenvalue weighted by Crippen LogP contribution is -2.30. The lowest BCUT2D eigenvalue weighted by Gasteiger charge is -2.11. The van der Waals surface area contributed by atoms with Gasteiger partial charge >= 0.3 is 6.03 Å². The van der Waals surface area contributed by atoms with E-state index in [4.69, 9.17) is 16.0 Å². The zero-order valence-corrected chi connectivity index (χ0v) is 14.5. The minimum atomic E-state index is -0.557. The first-order valence-corrected chi connectivity index (χ1v) is 8.37. The topological polar surface area (TPSA) is 62.6 Å². The maximum Gasteiger partial charge on any atom is 0.333 e. The minimum Gasteiger partial charge on any atom is -0.457 e. The van der Waals surface area contributed by atoms with Crippen LogP contribution in [0.1, 0.15) is 5.76 Å². The Morgan fingerprint density at radius 2 is 1.67 bits per heavy atom. The fraction of sp³-hybridized carbons (Fsp3) is 0. The van der Waals surface area contributed by atoms with Gasteiger partial charge in [-0.05, 0) is 60.7 Å². The Hall–Kier alpha value is -3.38. The summed E-state index contributed by atoms with van der Waals surface area (Å²) < 4.78 is 18.7. The number of carbonyl (C=O) groups excluding carboxylic acids is 2. The van der Waals surface area contributed by atoms with Crippen molar-refractivity contribution in [2.45, 2.75) is 0 Å². The summed E-state index contributed by atoms with van der Waals surface area (Å²) in [5.74, 6) is 0.0698. The van der Waals surface area contributed by atoms with Gasteiger partial charge in [0.25, 0.3) is 5.91 Å². The summed E-state index contributed by atoms with van der Waals surface area (Å²) in [7, 11) is 0. The predicted octanol–water partition coefficient (Wildman–Crippen LogP) is 4.84. The molecule has 0 aliphatic carbocycles. The van der Waals surface area contributed by atoms with Crippen LogP contribution >= 0.6 is 11.6 Å². The molecule has 4 rings (SSSR count). The van der Waals surface area contributed by atoms with Gasteiger partial charge in [-0.1, -0.05) is 11.6 Å². The Morgan fingerprint density at radius 3 is 2.37 bits per heavy atom. The maximum atomic E-state index is 13.0. The van der Waals surface area contributed by atoms with Crippen LogP contribution in [0.5, 0.6) is 0 Å². The number of benzene rings is 2. The molecule has 0 radical (unpaired) electrons. The smallest absolute Gasteiger partial charge is 0.333 e. The van der Waals surface area contributed by atoms with Gasteiger partial charge in [0.1, 0.15) is 23.0 Å². The first-order valence-electron chi connectivity index (χ1n) is 8.00. The van der Waals surface area contributed by atoms with Crippen molar-refractivity contribution in [2.24, 2.45) is 0 Å². The van der Waals surface area contributed by atoms with Crippen LogP contribution < -0.4 is 10.2 Å². The molecule has 0 bridgehead atoms. The first-order chi connectivity index (χ1) is 13.0. The van der Waals surface area contributed by atoms with E-state index in [0.29, 0.717) is 27.8 Å². The maximum absolute atomic E-state index is 13.0. The summed E-state index contributed by atoms with van der Waals surface area (Å²) >= 11 is 5.84. The third kappa shape index (κ3) is 3.35. The molecule has 1 aromatic heterocycles. The van der Waals surface area contributed by atoms with E-state index in [1.165, 1.54) is 18.2 Å². The second-order valence-electron chi connectivity index (χ2n) is 5.81. The van der Waals surface area contributed by atoms with E-state index in [-0.39, 0.29) is 11.5 Å². The molecule has 2 heterocycles. The molecule has 27 heavy (non-hydrogen) atoms. The number of carbonyl (C=O) groups is 2. The third-order valence-corrected chi connectivity index (χ3v) is 4.26. The van der Waals surface area contributed by atoms with Crippen molar-refractivity contribution in [3.05, 3.63) is 83.0 Å². The van der Waals surface area contributed by atoms with Crippen molar-refractivity contribution >= 4 is 35.3 Å². The highest BCUT2D eigenvalue weighted by Crippen LogP contribution is 2.26. The average molecular weight is 383 g/mol. The quantitative estimate of drug-likeness (QED) is 0.521. The third-order valence-electron chi connectivity index (χ3n) is 4.01. The van der Waals surface area contributed by atoms with E-state index >= 15 is 0 Å². The van der Waals surface area contributed by atoms with E-state index in [1.807, 2.05) is 0 Å². The minimum absolute atomic E-state index is 0.0926. The molecule has 0 saturated carbocycles. The second kappa shape index (κ2) is 6.74. The molecule has 3 aromatic rings. The number of urea groups is 1. The number of hydrogen-bond donors (Lipinski definition) is 1. The number of rotatable bonds is 3. The van der Waals surface area contributed by atoms with Crippen molar-refractivity contribution in [1.82, 2.24) is 5.32 Å². The van der Waals surface area contributed by atoms with E-state index in [9.17, 15) is 14.0 Å². The molecule has 1 saturated heterocycles. The largest absolute Gasteiger partial charge is 0.457 e. The number of furan rings is 1. The van der Waals surface area contributed by atoms with Crippen LogP contribution in [0, 0.1) is 5.82 Å². The number of nitrogens with zero attached hydrogens (tertiary/aromatic N) is 1. The highest BCUT2D eigenvalue weighted by atomic mass is 35.5. The summed E-state index contributed by atoms with van der Waals surface area (Å²) in [5, 5.41) is 3.03. The summed E-state index contributed by atoms with van der Waals surface area (Å²) in [5.41, 5.74) is 1.21. The molecular formula is C20H12ClFN2O3. The van der Waals surface area contributed by atoms with Crippen LogP contribution in [-0.4, -0.2) is 11.9 Å². The van der Waals surface area contributed by atoms with Crippen LogP contribution in [0.4, 0.5) is 14.9 Å². The molecule has 134 valence electrons. The Balaban J connectivity index is 1.59. The number of halogens is 2. The fourth-order valence-electron chi connectivity index (χ4n) is 2.70. The Labute approximate surface area is 158 Å². The summed E-state index contributed by atoms with van der Waals surface area (Å²) in [4.78, 5) is 25.8. The average Bonchev–Trinajstić information content (AvgIpc) is 3.22. The molecule has 1 aliphatic rings. The van der Waals surface area contributed by atoms with Crippen LogP contribution in [0.25, 0.3) is 17.4 Å². The van der Waals surface area contributed by atoms with E-state index < -0.39 is 11.9 Å². The van der Waals surface area contributed by atoms with Crippen molar-refractivity contribution in [2.75, 3.05) is 4.90 Å². The Bertz CT molecular complexity index is 1060. The Kier molecular flexibility index (Phi) is 4.25. The highest BCUT2D eigenvalue weighted by molar-refractivity contribution is 6.31. The molecule has 1 aliphatic heterocycles. The fourth-order valence-corrected chi connectivity index (χ4v) is 2.83. The number of nitrogens with one attached hydrogen (secondary N) is 1. The van der Waals surface area contributed by atoms with Crippen molar-refractivity contribution in [1.29, 1.82) is 0 Å². The lowest BCUT2D eigenvalue weighted by molar-refractivity contribution is -0.113. The van der Waals surface area contributed by atoms with Gasteiger partial charge in [0, 0.05) is 16.7 Å². The van der Waals surface area contributed by atoms with Crippen LogP contribution in [0.3, 0.4) is 0 Å². The second-order valence-corrected chi connectivity index (χ2v) is 6.25. The van der Waals surface area contributed by atoms with Crippen LogP contribution in [-0.2, 0) is 4.79 Å². The van der Waals surface area contributed by atoms with Gasteiger partial charge in [0.05, 0.1) is 5.69 Å². The van der Waals surface area contributed by atoms with Crippen LogP contribution in [0.15, 0.2) is 70.8 Å². The number of amides is 3. The molecule has 1 N–H and O–H groups in total. The summed E-state index contributed by atoms with van der Waals surface area (Å²) in [6.45, 7) is 0. The van der Waals surface area contributed by atoms with E-state index in [1.54, 1.807) is 48.5 Å². The van der Waals surface area contributed by atoms with Crippen molar-refractivity contribution in [3.8, 4) is 11.3 Å². The highest BCUT2D eigenvalue weighted by Gasteiger charge is 2.35. The molecule has 1 fully saturated rings. The number of imide groups is 1. The van der Waals surface area contributed by atoms with Gasteiger partial charge in [0.2, 0.25) is 0 Å². The molecule has 0 spiro atoms. The SMILES string of the molecule is O=C1N/C(=C/c2ccc(-c3ccc(F)cc3)o2)C(=O)N1c1ccc(Cl)cc1. The van der Waals surface area contributed by atoms with Gasteiger partial charge in [0.15, 0.2) is 0 Å². The standard InChI is InChI=1S/C20H12ClFN2O3/c21-13-3-7-15(8-4-13)24-19(25)17(23-20(24)26)11-16-9-10-18(27-16)12-1-5-14(22)6-2-12/h1-11H,(H,23,26)/b17-11+. The molecule has 0 unspecified atom stereocenters. The molecule has 2 aromatic carbocycles. The zero-order chi connectivity index (χ0) is 19.0. The van der Waals surface area contributed by atoms with Gasteiger partial charge in [-0.25, -0.2) is 14.1 Å². The van der Waals surface area contributed by atoms with Gasteiger partial charge in [-0.2, -0.15) is 0 Å². The lowest BCUT2D eigenvalue weighted by atomic mass is 10.2. The van der Waals surface area contributed by atoms with Crippen LogP contribution in [0.2, 0.25) is 5.02 Å². The number of hydrogen-bond acceptors (Lipinski definition) is 3. The molecule has 5 nitrogen and oxygen atoms in total.